The van der Waals surface area contributed by atoms with Gasteiger partial charge in [0.25, 0.3) is 0 Å². The Balaban J connectivity index is 3.32. The van der Waals surface area contributed by atoms with Crippen LogP contribution in [0.2, 0.25) is 0 Å². The van der Waals surface area contributed by atoms with Crippen molar-refractivity contribution in [1.82, 2.24) is 0 Å². The number of alkyl halides is 2. The lowest BCUT2D eigenvalue weighted by atomic mass is 10.0. The van der Waals surface area contributed by atoms with Crippen LogP contribution in [0.15, 0.2) is 12.1 Å². The highest BCUT2D eigenvalue weighted by atomic mass is 19.3. The van der Waals surface area contributed by atoms with Gasteiger partial charge in [-0.05, 0) is 17.7 Å². The number of carboxylic acid groups (broad SMARTS) is 1. The summed E-state index contributed by atoms with van der Waals surface area (Å²) in [6.45, 7) is -3.07. The molecule has 5 nitrogen and oxygen atoms in total. The van der Waals surface area contributed by atoms with Gasteiger partial charge in [0.15, 0.2) is 0 Å². The summed E-state index contributed by atoms with van der Waals surface area (Å²) < 4.78 is 28.7. The maximum Gasteiger partial charge on any atom is 0.387 e. The summed E-state index contributed by atoms with van der Waals surface area (Å²) in [5.74, 6) is -1.57. The van der Waals surface area contributed by atoms with Gasteiger partial charge in [0, 0.05) is 12.1 Å². The third-order valence-electron chi connectivity index (χ3n) is 2.17. The summed E-state index contributed by atoms with van der Waals surface area (Å²) in [5.41, 5.74) is 5.66. The first-order chi connectivity index (χ1) is 8.47. The molecule has 18 heavy (non-hydrogen) atoms. The molecular formula is C11H10F2N2O3. The number of hydrogen-bond donors (Lipinski definition) is 2. The van der Waals surface area contributed by atoms with Crippen molar-refractivity contribution >= 4 is 5.97 Å². The van der Waals surface area contributed by atoms with E-state index in [1.165, 1.54) is 12.1 Å². The Morgan fingerprint density at radius 2 is 2.22 bits per heavy atom. The minimum Gasteiger partial charge on any atom is -0.481 e. The molecule has 0 aromatic heterocycles. The van der Waals surface area contributed by atoms with Crippen LogP contribution >= 0.6 is 0 Å². The molecule has 1 aromatic carbocycles. The van der Waals surface area contributed by atoms with Gasteiger partial charge in [-0.25, -0.2) is 0 Å². The minimum atomic E-state index is -3.10. The fourth-order valence-corrected chi connectivity index (χ4v) is 1.45. The average molecular weight is 256 g/mol. The Morgan fingerprint density at radius 1 is 1.56 bits per heavy atom. The molecule has 0 saturated carbocycles. The van der Waals surface area contributed by atoms with Gasteiger partial charge in [-0.15, -0.1) is 0 Å². The van der Waals surface area contributed by atoms with Crippen LogP contribution in [0.25, 0.3) is 0 Å². The number of nitrogens with zero attached hydrogens (tertiary/aromatic N) is 1. The molecule has 0 aliphatic heterocycles. The van der Waals surface area contributed by atoms with Gasteiger partial charge in [-0.2, -0.15) is 14.0 Å². The van der Waals surface area contributed by atoms with E-state index in [0.717, 1.165) is 0 Å². The molecule has 0 heterocycles. The highest BCUT2D eigenvalue weighted by Gasteiger charge is 2.17. The average Bonchev–Trinajstić information content (AvgIpc) is 2.29. The van der Waals surface area contributed by atoms with Gasteiger partial charge in [0.2, 0.25) is 0 Å². The Bertz CT molecular complexity index is 498. The number of ether oxygens (including phenoxy) is 1. The van der Waals surface area contributed by atoms with Crippen molar-refractivity contribution in [3.8, 4) is 11.8 Å². The summed E-state index contributed by atoms with van der Waals surface area (Å²) in [5, 5.41) is 17.6. The molecular weight excluding hydrogens is 246 g/mol. The molecule has 1 rings (SSSR count). The standard InChI is InChI=1S/C11H10F2N2O3/c12-11(13)18-9-2-6(4-14)1-7(5-15)8(9)3-10(16)17/h1-2,11H,3-4,14H2,(H,16,17). The Hall–Kier alpha value is -2.20. The van der Waals surface area contributed by atoms with E-state index in [2.05, 4.69) is 4.74 Å². The van der Waals surface area contributed by atoms with E-state index in [1.54, 1.807) is 6.07 Å². The predicted octanol–water partition coefficient (Wildman–Crippen LogP) is 1.25. The minimum absolute atomic E-state index is 0.0294. The first-order valence-electron chi connectivity index (χ1n) is 4.90. The van der Waals surface area contributed by atoms with Crippen LogP contribution in [0.5, 0.6) is 5.75 Å². The molecule has 3 N–H and O–H groups in total. The number of carbonyl (C=O) groups is 1. The molecule has 0 amide bonds. The number of benzene rings is 1. The lowest BCUT2D eigenvalue weighted by molar-refractivity contribution is -0.136. The van der Waals surface area contributed by atoms with Crippen molar-refractivity contribution in [1.29, 1.82) is 5.26 Å². The molecule has 0 aliphatic rings. The maximum absolute atomic E-state index is 12.2. The molecule has 0 aliphatic carbocycles. The predicted molar refractivity (Wildman–Crippen MR) is 57.0 cm³/mol. The van der Waals surface area contributed by atoms with E-state index in [-0.39, 0.29) is 23.4 Å². The number of nitriles is 1. The molecule has 0 atom stereocenters. The fraction of sp³-hybridized carbons (Fsp3) is 0.273. The maximum atomic E-state index is 12.2. The summed E-state index contributed by atoms with van der Waals surface area (Å²) in [4.78, 5) is 10.7. The second-order valence-corrected chi connectivity index (χ2v) is 3.39. The molecule has 1 aromatic rings. The van der Waals surface area contributed by atoms with E-state index in [0.29, 0.717) is 5.56 Å². The molecule has 0 unspecified atom stereocenters. The second-order valence-electron chi connectivity index (χ2n) is 3.39. The van der Waals surface area contributed by atoms with Crippen molar-refractivity contribution in [2.45, 2.75) is 19.6 Å². The zero-order valence-corrected chi connectivity index (χ0v) is 9.19. The van der Waals surface area contributed by atoms with Crippen LogP contribution in [-0.2, 0) is 17.8 Å². The molecule has 96 valence electrons. The normalized spacial score (nSPS) is 10.2. The Labute approximate surface area is 101 Å². The lowest BCUT2D eigenvalue weighted by Crippen LogP contribution is -2.11. The molecule has 0 bridgehead atoms. The molecule has 7 heteroatoms. The van der Waals surface area contributed by atoms with E-state index in [9.17, 15) is 13.6 Å². The van der Waals surface area contributed by atoms with Crippen molar-refractivity contribution in [2.24, 2.45) is 5.73 Å². The van der Waals surface area contributed by atoms with Gasteiger partial charge in [-0.3, -0.25) is 4.79 Å². The monoisotopic (exact) mass is 256 g/mol. The van der Waals surface area contributed by atoms with Crippen LogP contribution in [0.1, 0.15) is 16.7 Å². The third-order valence-corrected chi connectivity index (χ3v) is 2.17. The fourth-order valence-electron chi connectivity index (χ4n) is 1.45. The first kappa shape index (κ1) is 13.9. The number of carboxylic acids is 1. The van der Waals surface area contributed by atoms with Crippen LogP contribution < -0.4 is 10.5 Å². The van der Waals surface area contributed by atoms with Crippen LogP contribution in [0, 0.1) is 11.3 Å². The van der Waals surface area contributed by atoms with E-state index < -0.39 is 19.0 Å². The number of rotatable bonds is 5. The quantitative estimate of drug-likeness (QED) is 0.826. The zero-order chi connectivity index (χ0) is 13.7. The number of aliphatic carboxylic acids is 1. The molecule has 0 spiro atoms. The highest BCUT2D eigenvalue weighted by molar-refractivity contribution is 5.73. The molecule has 0 radical (unpaired) electrons. The number of halogens is 2. The summed E-state index contributed by atoms with van der Waals surface area (Å²) in [6, 6.07) is 4.32. The van der Waals surface area contributed by atoms with E-state index in [4.69, 9.17) is 16.1 Å². The number of hydrogen-bond acceptors (Lipinski definition) is 4. The van der Waals surface area contributed by atoms with Gasteiger partial charge in [0.1, 0.15) is 5.75 Å². The van der Waals surface area contributed by atoms with Gasteiger partial charge < -0.3 is 15.6 Å². The van der Waals surface area contributed by atoms with Crippen molar-refractivity contribution in [2.75, 3.05) is 0 Å². The summed E-state index contributed by atoms with van der Waals surface area (Å²) in [7, 11) is 0. The Morgan fingerprint density at radius 3 is 2.67 bits per heavy atom. The lowest BCUT2D eigenvalue weighted by Gasteiger charge is -2.12. The van der Waals surface area contributed by atoms with Gasteiger partial charge >= 0.3 is 12.6 Å². The van der Waals surface area contributed by atoms with Gasteiger partial charge in [0.05, 0.1) is 18.1 Å². The SMILES string of the molecule is N#Cc1cc(CN)cc(OC(F)F)c1CC(=O)O. The Kier molecular flexibility index (Phi) is 4.57. The van der Waals surface area contributed by atoms with Crippen LogP contribution in [0.3, 0.4) is 0 Å². The largest absolute Gasteiger partial charge is 0.481 e. The molecule has 0 fully saturated rings. The summed E-state index contributed by atoms with van der Waals surface area (Å²) >= 11 is 0. The van der Waals surface area contributed by atoms with Crippen molar-refractivity contribution in [3.05, 3.63) is 28.8 Å². The van der Waals surface area contributed by atoms with Crippen LogP contribution in [0.4, 0.5) is 8.78 Å². The highest BCUT2D eigenvalue weighted by Crippen LogP contribution is 2.27. The first-order valence-corrected chi connectivity index (χ1v) is 4.90. The second kappa shape index (κ2) is 5.93. The van der Waals surface area contributed by atoms with Crippen LogP contribution in [-0.4, -0.2) is 17.7 Å². The topological polar surface area (TPSA) is 96.3 Å². The van der Waals surface area contributed by atoms with E-state index in [1.807, 2.05) is 0 Å². The molecule has 0 saturated heterocycles. The van der Waals surface area contributed by atoms with Crippen molar-refractivity contribution < 1.29 is 23.4 Å². The van der Waals surface area contributed by atoms with Gasteiger partial charge in [-0.1, -0.05) is 0 Å². The van der Waals surface area contributed by atoms with E-state index >= 15 is 0 Å². The zero-order valence-electron chi connectivity index (χ0n) is 9.19. The number of nitrogens with two attached hydrogens (primary N) is 1. The smallest absolute Gasteiger partial charge is 0.387 e. The summed E-state index contributed by atoms with van der Waals surface area (Å²) in [6.07, 6.45) is -0.574. The van der Waals surface area contributed by atoms with Crippen molar-refractivity contribution in [3.63, 3.8) is 0 Å². The third kappa shape index (κ3) is 3.40.